The van der Waals surface area contributed by atoms with E-state index in [1.165, 1.54) is 53.4 Å². The molecule has 5 nitrogen and oxygen atoms in total. The average molecular weight is 375 g/mol. The molecule has 1 saturated heterocycles. The van der Waals surface area contributed by atoms with Crippen LogP contribution in [0.1, 0.15) is 6.42 Å². The second-order valence-corrected chi connectivity index (χ2v) is 6.80. The molecule has 26 heavy (non-hydrogen) atoms. The van der Waals surface area contributed by atoms with Crippen molar-refractivity contribution in [1.29, 1.82) is 0 Å². The van der Waals surface area contributed by atoms with Crippen LogP contribution in [0, 0.1) is 11.6 Å². The lowest BCUT2D eigenvalue weighted by Gasteiger charge is -2.28. The molecule has 134 valence electrons. The van der Waals surface area contributed by atoms with Gasteiger partial charge in [0.2, 0.25) is 11.8 Å². The van der Waals surface area contributed by atoms with Gasteiger partial charge in [0.25, 0.3) is 0 Å². The van der Waals surface area contributed by atoms with E-state index in [4.69, 9.17) is 0 Å². The van der Waals surface area contributed by atoms with Crippen molar-refractivity contribution >= 4 is 40.1 Å². The van der Waals surface area contributed by atoms with Crippen LogP contribution in [0.3, 0.4) is 0 Å². The molecule has 8 heteroatoms. The van der Waals surface area contributed by atoms with Gasteiger partial charge in [0.15, 0.2) is 5.17 Å². The fraction of sp³-hybridized carbons (Fsp3) is 0.167. The maximum atomic E-state index is 13.0. The van der Waals surface area contributed by atoms with Gasteiger partial charge in [-0.15, -0.1) is 0 Å². The summed E-state index contributed by atoms with van der Waals surface area (Å²) in [6.07, 6.45) is 0.0244. The highest BCUT2D eigenvalue weighted by Gasteiger charge is 2.34. The van der Waals surface area contributed by atoms with Gasteiger partial charge in [-0.3, -0.25) is 14.5 Å². The molecule has 0 radical (unpaired) electrons. The number of nitrogens with zero attached hydrogens (tertiary/aromatic N) is 2. The minimum atomic E-state index is -0.664. The van der Waals surface area contributed by atoms with E-state index in [-0.39, 0.29) is 24.1 Å². The quantitative estimate of drug-likeness (QED) is 0.892. The summed E-state index contributed by atoms with van der Waals surface area (Å²) in [7, 11) is 1.58. The molecule has 3 rings (SSSR count). The first-order valence-corrected chi connectivity index (χ1v) is 8.64. The number of rotatable bonds is 3. The van der Waals surface area contributed by atoms with Crippen LogP contribution in [0.4, 0.5) is 20.2 Å². The number of amides is 2. The zero-order valence-corrected chi connectivity index (χ0v) is 14.6. The van der Waals surface area contributed by atoms with Crippen LogP contribution in [0.2, 0.25) is 0 Å². The van der Waals surface area contributed by atoms with Crippen molar-refractivity contribution < 1.29 is 18.4 Å². The molecular weight excluding hydrogens is 360 g/mol. The molecule has 1 fully saturated rings. The van der Waals surface area contributed by atoms with Crippen LogP contribution in [0.15, 0.2) is 53.5 Å². The van der Waals surface area contributed by atoms with Gasteiger partial charge < -0.3 is 5.32 Å². The lowest BCUT2D eigenvalue weighted by molar-refractivity contribution is -0.128. The number of carbonyl (C=O) groups excluding carboxylic acids is 2. The van der Waals surface area contributed by atoms with E-state index >= 15 is 0 Å². The topological polar surface area (TPSA) is 61.8 Å². The Balaban J connectivity index is 1.76. The van der Waals surface area contributed by atoms with Gasteiger partial charge in [0, 0.05) is 19.2 Å². The van der Waals surface area contributed by atoms with Gasteiger partial charge in [-0.2, -0.15) is 0 Å². The highest BCUT2D eigenvalue weighted by Crippen LogP contribution is 2.29. The number of carbonyl (C=O) groups is 2. The van der Waals surface area contributed by atoms with E-state index in [1.54, 1.807) is 7.05 Å². The van der Waals surface area contributed by atoms with E-state index in [0.29, 0.717) is 16.5 Å². The van der Waals surface area contributed by atoms with Crippen molar-refractivity contribution in [3.63, 3.8) is 0 Å². The van der Waals surface area contributed by atoms with Crippen molar-refractivity contribution in [3.8, 4) is 0 Å². The van der Waals surface area contributed by atoms with E-state index in [1.807, 2.05) is 0 Å². The summed E-state index contributed by atoms with van der Waals surface area (Å²) >= 11 is 1.15. The number of halogens is 2. The van der Waals surface area contributed by atoms with Gasteiger partial charge >= 0.3 is 0 Å². The maximum absolute atomic E-state index is 13.0. The average Bonchev–Trinajstić information content (AvgIpc) is 2.62. The molecule has 1 unspecified atom stereocenters. The number of nitrogens with one attached hydrogen (secondary N) is 1. The van der Waals surface area contributed by atoms with Gasteiger partial charge in [-0.05, 0) is 48.5 Å². The molecule has 1 aliphatic heterocycles. The molecule has 1 N–H and O–H groups in total. The highest BCUT2D eigenvalue weighted by atomic mass is 32.2. The molecule has 1 aliphatic rings. The zero-order valence-electron chi connectivity index (χ0n) is 13.8. The summed E-state index contributed by atoms with van der Waals surface area (Å²) in [5, 5.41) is 2.35. The van der Waals surface area contributed by atoms with Crippen molar-refractivity contribution in [2.75, 3.05) is 12.4 Å². The van der Waals surface area contributed by atoms with E-state index in [2.05, 4.69) is 10.3 Å². The first kappa shape index (κ1) is 18.1. The summed E-state index contributed by atoms with van der Waals surface area (Å²) < 4.78 is 26.0. The van der Waals surface area contributed by atoms with Crippen LogP contribution in [-0.2, 0) is 9.59 Å². The molecule has 2 aromatic rings. The zero-order chi connectivity index (χ0) is 18.7. The molecule has 1 heterocycles. The first-order chi connectivity index (χ1) is 12.4. The maximum Gasteiger partial charge on any atom is 0.238 e. The van der Waals surface area contributed by atoms with E-state index < -0.39 is 11.1 Å². The van der Waals surface area contributed by atoms with Crippen LogP contribution in [0.25, 0.3) is 0 Å². The predicted octanol–water partition coefficient (Wildman–Crippen LogP) is 3.55. The molecule has 0 aromatic heterocycles. The fourth-order valence-corrected chi connectivity index (χ4v) is 3.34. The van der Waals surface area contributed by atoms with Crippen LogP contribution in [-0.4, -0.2) is 34.2 Å². The van der Waals surface area contributed by atoms with E-state index in [0.717, 1.165) is 11.8 Å². The Bertz CT molecular complexity index is 854. The lowest BCUT2D eigenvalue weighted by Crippen LogP contribution is -2.43. The SMILES string of the molecule is CN1C(=O)CC(C(=O)Nc2ccc(F)cc2)SC1=Nc1ccc(F)cc1. The molecule has 0 spiro atoms. The summed E-state index contributed by atoms with van der Waals surface area (Å²) in [4.78, 5) is 30.4. The molecule has 1 atom stereocenters. The fourth-order valence-electron chi connectivity index (χ4n) is 2.28. The van der Waals surface area contributed by atoms with Gasteiger partial charge in [-0.25, -0.2) is 13.8 Å². The Labute approximate surface area is 153 Å². The molecule has 0 bridgehead atoms. The molecule has 0 saturated carbocycles. The predicted molar refractivity (Wildman–Crippen MR) is 97.3 cm³/mol. The molecule has 2 amide bonds. The third-order valence-corrected chi connectivity index (χ3v) is 4.97. The second-order valence-electron chi connectivity index (χ2n) is 5.63. The number of anilines is 1. The van der Waals surface area contributed by atoms with Gasteiger partial charge in [0.1, 0.15) is 16.9 Å². The van der Waals surface area contributed by atoms with Gasteiger partial charge in [-0.1, -0.05) is 11.8 Å². The van der Waals surface area contributed by atoms with Gasteiger partial charge in [0.05, 0.1) is 5.69 Å². The molecule has 2 aromatic carbocycles. The number of thioether (sulfide) groups is 1. The minimum absolute atomic E-state index is 0.0244. The van der Waals surface area contributed by atoms with E-state index in [9.17, 15) is 18.4 Å². The molecular formula is C18H15F2N3O2S. The lowest BCUT2D eigenvalue weighted by atomic mass is 10.2. The van der Waals surface area contributed by atoms with Crippen LogP contribution < -0.4 is 5.32 Å². The summed E-state index contributed by atoms with van der Waals surface area (Å²) in [5.41, 5.74) is 0.925. The first-order valence-electron chi connectivity index (χ1n) is 7.76. The number of benzene rings is 2. The summed E-state index contributed by atoms with van der Waals surface area (Å²) in [6, 6.07) is 10.9. The number of hydrogen-bond donors (Lipinski definition) is 1. The number of hydrogen-bond acceptors (Lipinski definition) is 4. The smallest absolute Gasteiger partial charge is 0.238 e. The third kappa shape index (κ3) is 4.26. The largest absolute Gasteiger partial charge is 0.325 e. The Morgan fingerprint density at radius 2 is 1.69 bits per heavy atom. The number of aliphatic imine (C=N–C) groups is 1. The van der Waals surface area contributed by atoms with Crippen LogP contribution in [0.5, 0.6) is 0 Å². The third-order valence-electron chi connectivity index (χ3n) is 3.72. The highest BCUT2D eigenvalue weighted by molar-refractivity contribution is 8.15. The standard InChI is InChI=1S/C18H15F2N3O2S/c1-23-16(24)10-15(17(25)21-13-6-2-11(19)3-7-13)26-18(23)22-14-8-4-12(20)5-9-14/h2-9,15H,10H2,1H3,(H,21,25). The van der Waals surface area contributed by atoms with Crippen molar-refractivity contribution in [1.82, 2.24) is 4.90 Å². The number of amidine groups is 1. The Morgan fingerprint density at radius 1 is 1.12 bits per heavy atom. The van der Waals surface area contributed by atoms with Crippen molar-refractivity contribution in [2.24, 2.45) is 4.99 Å². The normalized spacial score (nSPS) is 18.9. The summed E-state index contributed by atoms with van der Waals surface area (Å²) in [5.74, 6) is -1.40. The van der Waals surface area contributed by atoms with Crippen molar-refractivity contribution in [3.05, 3.63) is 60.2 Å². The second kappa shape index (κ2) is 7.65. The van der Waals surface area contributed by atoms with Crippen LogP contribution >= 0.6 is 11.8 Å². The molecule has 0 aliphatic carbocycles. The Morgan fingerprint density at radius 3 is 2.31 bits per heavy atom. The monoisotopic (exact) mass is 375 g/mol. The summed E-state index contributed by atoms with van der Waals surface area (Å²) in [6.45, 7) is 0. The Kier molecular flexibility index (Phi) is 5.32. The minimum Gasteiger partial charge on any atom is -0.325 e. The Hall–Kier alpha value is -2.74. The van der Waals surface area contributed by atoms with Crippen molar-refractivity contribution in [2.45, 2.75) is 11.7 Å².